The molecule has 1 fully saturated rings. The number of ether oxygens (including phenoxy) is 1. The Bertz CT molecular complexity index is 886. The van der Waals surface area contributed by atoms with Crippen LogP contribution in [0.25, 0.3) is 11.1 Å². The molecule has 0 aromatic heterocycles. The highest BCUT2D eigenvalue weighted by Crippen LogP contribution is 2.36. The molecule has 5 heteroatoms. The normalized spacial score (nSPS) is 16.7. The molecular weight excluding hydrogens is 354 g/mol. The first kappa shape index (κ1) is 18.5. The fourth-order valence-corrected chi connectivity index (χ4v) is 4.45. The largest absolute Gasteiger partial charge is 0.480 e. The molecule has 2 aromatic rings. The minimum atomic E-state index is -0.987. The molecule has 0 bridgehead atoms. The van der Waals surface area contributed by atoms with Crippen molar-refractivity contribution >= 4 is 12.1 Å². The van der Waals surface area contributed by atoms with E-state index in [0.717, 1.165) is 44.1 Å². The Labute approximate surface area is 164 Å². The molecule has 0 unspecified atom stereocenters. The Morgan fingerprint density at radius 1 is 1.04 bits per heavy atom. The maximum Gasteiger partial charge on any atom is 0.408 e. The third kappa shape index (κ3) is 3.88. The highest BCUT2D eigenvalue weighted by atomic mass is 16.5. The van der Waals surface area contributed by atoms with E-state index in [-0.39, 0.29) is 12.5 Å². The number of aliphatic carboxylic acids is 1. The van der Waals surface area contributed by atoms with Crippen LogP contribution in [0.15, 0.2) is 42.5 Å². The van der Waals surface area contributed by atoms with Crippen molar-refractivity contribution in [3.8, 4) is 11.1 Å². The molecule has 5 nitrogen and oxygen atoms in total. The zero-order valence-electron chi connectivity index (χ0n) is 15.8. The minimum Gasteiger partial charge on any atom is -0.480 e. The SMILES string of the molecule is O=C(N[C@H](C(=O)O)C1CCCCC1)OCc1ccc2c(c1)Cc1ccccc1-2. The Morgan fingerprint density at radius 3 is 2.57 bits per heavy atom. The number of carboxylic acid groups (broad SMARTS) is 1. The number of fused-ring (bicyclic) bond motifs is 3. The Kier molecular flexibility index (Phi) is 5.33. The number of carbonyl (C=O) groups excluding carboxylic acids is 1. The van der Waals surface area contributed by atoms with Gasteiger partial charge in [0.2, 0.25) is 0 Å². The smallest absolute Gasteiger partial charge is 0.408 e. The van der Waals surface area contributed by atoms with Crippen molar-refractivity contribution in [2.24, 2.45) is 5.92 Å². The van der Waals surface area contributed by atoms with Crippen LogP contribution in [0.1, 0.15) is 48.8 Å². The predicted octanol–water partition coefficient (Wildman–Crippen LogP) is 4.52. The van der Waals surface area contributed by atoms with Crippen LogP contribution in [0.4, 0.5) is 4.79 Å². The third-order valence-corrected chi connectivity index (χ3v) is 5.89. The van der Waals surface area contributed by atoms with Crippen molar-refractivity contribution in [1.82, 2.24) is 5.32 Å². The summed E-state index contributed by atoms with van der Waals surface area (Å²) in [6, 6.07) is 13.6. The molecule has 2 N–H and O–H groups in total. The van der Waals surface area contributed by atoms with E-state index in [1.54, 1.807) is 0 Å². The number of hydrogen-bond acceptors (Lipinski definition) is 3. The number of hydrogen-bond donors (Lipinski definition) is 2. The molecule has 0 saturated heterocycles. The molecule has 1 atom stereocenters. The average Bonchev–Trinajstić information content (AvgIpc) is 3.08. The van der Waals surface area contributed by atoms with Gasteiger partial charge in [0.1, 0.15) is 12.6 Å². The number of alkyl carbamates (subject to hydrolysis) is 1. The maximum atomic E-state index is 12.2. The van der Waals surface area contributed by atoms with Gasteiger partial charge in [0.15, 0.2) is 0 Å². The summed E-state index contributed by atoms with van der Waals surface area (Å²) in [4.78, 5) is 23.8. The summed E-state index contributed by atoms with van der Waals surface area (Å²) in [6.45, 7) is 0.131. The maximum absolute atomic E-state index is 12.2. The molecule has 0 radical (unpaired) electrons. The van der Waals surface area contributed by atoms with E-state index < -0.39 is 18.1 Å². The van der Waals surface area contributed by atoms with Crippen LogP contribution >= 0.6 is 0 Å². The molecule has 1 amide bonds. The van der Waals surface area contributed by atoms with Gasteiger partial charge in [0.05, 0.1) is 0 Å². The van der Waals surface area contributed by atoms with Crippen LogP contribution in [0, 0.1) is 5.92 Å². The van der Waals surface area contributed by atoms with Gasteiger partial charge >= 0.3 is 12.1 Å². The zero-order chi connectivity index (χ0) is 19.5. The van der Waals surface area contributed by atoms with Crippen molar-refractivity contribution in [3.63, 3.8) is 0 Å². The number of carbonyl (C=O) groups is 2. The lowest BCUT2D eigenvalue weighted by Gasteiger charge is -2.27. The molecule has 2 aliphatic rings. The van der Waals surface area contributed by atoms with E-state index in [1.165, 1.54) is 22.3 Å². The van der Waals surface area contributed by atoms with Crippen molar-refractivity contribution < 1.29 is 19.4 Å². The monoisotopic (exact) mass is 379 g/mol. The number of carboxylic acids is 1. The quantitative estimate of drug-likeness (QED) is 0.683. The molecule has 4 rings (SSSR count). The summed E-state index contributed by atoms with van der Waals surface area (Å²) in [6.07, 6.45) is 5.06. The standard InChI is InChI=1S/C23H25NO4/c25-22(26)21(16-6-2-1-3-7-16)24-23(27)28-14-15-10-11-20-18(12-15)13-17-8-4-5-9-19(17)20/h4-5,8-12,16,21H,1-3,6-7,13-14H2,(H,24,27)(H,25,26)/t21-/m0/s1. The van der Waals surface area contributed by atoms with Gasteiger partial charge in [-0.25, -0.2) is 9.59 Å². The molecule has 0 spiro atoms. The number of benzene rings is 2. The number of amides is 1. The molecule has 1 saturated carbocycles. The molecular formula is C23H25NO4. The Balaban J connectivity index is 1.36. The van der Waals surface area contributed by atoms with Crippen molar-refractivity contribution in [3.05, 3.63) is 59.2 Å². The van der Waals surface area contributed by atoms with E-state index in [0.29, 0.717) is 0 Å². The second kappa shape index (κ2) is 8.05. The lowest BCUT2D eigenvalue weighted by atomic mass is 9.84. The van der Waals surface area contributed by atoms with E-state index in [2.05, 4.69) is 29.6 Å². The summed E-state index contributed by atoms with van der Waals surface area (Å²) >= 11 is 0. The Morgan fingerprint density at radius 2 is 1.79 bits per heavy atom. The van der Waals surface area contributed by atoms with Gasteiger partial charge < -0.3 is 15.2 Å². The molecule has 2 aliphatic carbocycles. The van der Waals surface area contributed by atoms with Gasteiger partial charge in [-0.15, -0.1) is 0 Å². The molecule has 0 aliphatic heterocycles. The summed E-state index contributed by atoms with van der Waals surface area (Å²) in [5, 5.41) is 12.0. The van der Waals surface area contributed by atoms with Crippen LogP contribution in [-0.4, -0.2) is 23.2 Å². The first-order valence-electron chi connectivity index (χ1n) is 9.98. The van der Waals surface area contributed by atoms with Crippen LogP contribution in [-0.2, 0) is 22.6 Å². The molecule has 2 aromatic carbocycles. The number of rotatable bonds is 5. The zero-order valence-corrected chi connectivity index (χ0v) is 15.8. The molecule has 28 heavy (non-hydrogen) atoms. The van der Waals surface area contributed by atoms with Gasteiger partial charge in [0.25, 0.3) is 0 Å². The summed E-state index contributed by atoms with van der Waals surface area (Å²) in [5.41, 5.74) is 5.94. The van der Waals surface area contributed by atoms with E-state index in [9.17, 15) is 14.7 Å². The van der Waals surface area contributed by atoms with Gasteiger partial charge in [-0.05, 0) is 53.0 Å². The van der Waals surface area contributed by atoms with Crippen molar-refractivity contribution in [2.45, 2.75) is 51.2 Å². The van der Waals surface area contributed by atoms with E-state index >= 15 is 0 Å². The van der Waals surface area contributed by atoms with Crippen LogP contribution in [0.5, 0.6) is 0 Å². The highest BCUT2D eigenvalue weighted by Gasteiger charge is 2.31. The van der Waals surface area contributed by atoms with E-state index in [4.69, 9.17) is 4.74 Å². The molecule has 146 valence electrons. The highest BCUT2D eigenvalue weighted by molar-refractivity contribution is 5.80. The van der Waals surface area contributed by atoms with Crippen molar-refractivity contribution in [1.29, 1.82) is 0 Å². The predicted molar refractivity (Wildman–Crippen MR) is 106 cm³/mol. The van der Waals surface area contributed by atoms with Crippen molar-refractivity contribution in [2.75, 3.05) is 0 Å². The summed E-state index contributed by atoms with van der Waals surface area (Å²) in [7, 11) is 0. The van der Waals surface area contributed by atoms with Gasteiger partial charge in [-0.3, -0.25) is 0 Å². The van der Waals surface area contributed by atoms with Gasteiger partial charge in [0, 0.05) is 0 Å². The summed E-state index contributed by atoms with van der Waals surface area (Å²) in [5.74, 6) is -1.00. The lowest BCUT2D eigenvalue weighted by Crippen LogP contribution is -2.46. The first-order valence-corrected chi connectivity index (χ1v) is 9.98. The topological polar surface area (TPSA) is 75.6 Å². The van der Waals surface area contributed by atoms with Crippen LogP contribution < -0.4 is 5.32 Å². The second-order valence-corrected chi connectivity index (χ2v) is 7.76. The summed E-state index contributed by atoms with van der Waals surface area (Å²) < 4.78 is 5.32. The minimum absolute atomic E-state index is 0.0164. The molecule has 0 heterocycles. The first-order chi connectivity index (χ1) is 13.6. The fourth-order valence-electron chi connectivity index (χ4n) is 4.45. The second-order valence-electron chi connectivity index (χ2n) is 7.76. The lowest BCUT2D eigenvalue weighted by molar-refractivity contribution is -0.141. The number of nitrogens with one attached hydrogen (secondary N) is 1. The van der Waals surface area contributed by atoms with Gasteiger partial charge in [-0.1, -0.05) is 61.7 Å². The third-order valence-electron chi connectivity index (χ3n) is 5.89. The van der Waals surface area contributed by atoms with Crippen LogP contribution in [0.3, 0.4) is 0 Å². The van der Waals surface area contributed by atoms with E-state index in [1.807, 2.05) is 18.2 Å². The average molecular weight is 379 g/mol. The fraction of sp³-hybridized carbons (Fsp3) is 0.391. The Hall–Kier alpha value is -2.82. The van der Waals surface area contributed by atoms with Gasteiger partial charge in [-0.2, -0.15) is 0 Å². The van der Waals surface area contributed by atoms with Crippen LogP contribution in [0.2, 0.25) is 0 Å².